The van der Waals surface area contributed by atoms with Crippen LogP contribution in [0.4, 0.5) is 5.69 Å². The molecule has 1 aliphatic rings. The Bertz CT molecular complexity index is 627. The number of carbonyl (C=O) groups is 1. The zero-order chi connectivity index (χ0) is 18.9. The quantitative estimate of drug-likeness (QED) is 0.411. The van der Waals surface area contributed by atoms with Gasteiger partial charge in [0.15, 0.2) is 5.11 Å². The van der Waals surface area contributed by atoms with Gasteiger partial charge in [-0.3, -0.25) is 0 Å². The van der Waals surface area contributed by atoms with Crippen LogP contribution in [-0.4, -0.2) is 48.8 Å². The van der Waals surface area contributed by atoms with Crippen molar-refractivity contribution >= 4 is 40.6 Å². The SMILES string of the molecule is CC[C@@H]1CCCCN1CCCNC(=S)Nc1cc(C(=O)OC)ccc1Cl. The fraction of sp³-hybridized carbons (Fsp3) is 0.579. The van der Waals surface area contributed by atoms with Crippen molar-refractivity contribution in [3.8, 4) is 0 Å². The number of hydrogen-bond donors (Lipinski definition) is 2. The van der Waals surface area contributed by atoms with Gasteiger partial charge in [0, 0.05) is 19.1 Å². The van der Waals surface area contributed by atoms with Crippen molar-refractivity contribution in [3.05, 3.63) is 28.8 Å². The van der Waals surface area contributed by atoms with Gasteiger partial charge in [0.1, 0.15) is 0 Å². The second-order valence-electron chi connectivity index (χ2n) is 6.51. The van der Waals surface area contributed by atoms with Gasteiger partial charge in [0.25, 0.3) is 0 Å². The summed E-state index contributed by atoms with van der Waals surface area (Å²) in [6, 6.07) is 5.65. The molecular weight excluding hydrogens is 370 g/mol. The molecule has 1 aromatic carbocycles. The highest BCUT2D eigenvalue weighted by Crippen LogP contribution is 2.23. The largest absolute Gasteiger partial charge is 0.465 e. The third kappa shape index (κ3) is 6.11. The normalized spacial score (nSPS) is 17.6. The van der Waals surface area contributed by atoms with Crippen LogP contribution in [-0.2, 0) is 4.74 Å². The summed E-state index contributed by atoms with van der Waals surface area (Å²) < 4.78 is 4.73. The van der Waals surface area contributed by atoms with Crippen molar-refractivity contribution < 1.29 is 9.53 Å². The van der Waals surface area contributed by atoms with E-state index in [4.69, 9.17) is 28.6 Å². The summed E-state index contributed by atoms with van der Waals surface area (Å²) in [5.74, 6) is -0.407. The lowest BCUT2D eigenvalue weighted by molar-refractivity contribution is 0.0601. The molecule has 7 heteroatoms. The van der Waals surface area contributed by atoms with Crippen LogP contribution in [0.1, 0.15) is 49.4 Å². The van der Waals surface area contributed by atoms with Crippen molar-refractivity contribution in [2.45, 2.75) is 45.1 Å². The van der Waals surface area contributed by atoms with E-state index in [1.165, 1.54) is 39.3 Å². The van der Waals surface area contributed by atoms with E-state index in [2.05, 4.69) is 22.5 Å². The Morgan fingerprint density at radius 2 is 2.23 bits per heavy atom. The van der Waals surface area contributed by atoms with Crippen molar-refractivity contribution in [2.24, 2.45) is 0 Å². The topological polar surface area (TPSA) is 53.6 Å². The summed E-state index contributed by atoms with van der Waals surface area (Å²) in [5.41, 5.74) is 1.02. The van der Waals surface area contributed by atoms with E-state index in [0.717, 1.165) is 25.6 Å². The molecule has 0 amide bonds. The molecule has 0 aliphatic carbocycles. The average molecular weight is 398 g/mol. The maximum Gasteiger partial charge on any atom is 0.337 e. The minimum Gasteiger partial charge on any atom is -0.465 e. The van der Waals surface area contributed by atoms with Gasteiger partial charge in [-0.2, -0.15) is 0 Å². The molecule has 0 saturated carbocycles. The number of halogens is 1. The molecule has 2 N–H and O–H groups in total. The Morgan fingerprint density at radius 3 is 2.96 bits per heavy atom. The molecule has 1 fully saturated rings. The number of hydrogen-bond acceptors (Lipinski definition) is 4. The van der Waals surface area contributed by atoms with Gasteiger partial charge in [0.05, 0.1) is 23.4 Å². The minimum atomic E-state index is -0.407. The summed E-state index contributed by atoms with van der Waals surface area (Å²) in [6.07, 6.45) is 6.24. The molecule has 0 unspecified atom stereocenters. The number of thiocarbonyl (C=S) groups is 1. The number of rotatable bonds is 7. The first-order valence-electron chi connectivity index (χ1n) is 9.22. The summed E-state index contributed by atoms with van der Waals surface area (Å²) in [7, 11) is 1.35. The van der Waals surface area contributed by atoms with Crippen LogP contribution in [0, 0.1) is 0 Å². The van der Waals surface area contributed by atoms with Crippen LogP contribution in [0.15, 0.2) is 18.2 Å². The number of piperidine rings is 1. The van der Waals surface area contributed by atoms with Crippen LogP contribution < -0.4 is 10.6 Å². The van der Waals surface area contributed by atoms with Gasteiger partial charge in [-0.1, -0.05) is 24.9 Å². The summed E-state index contributed by atoms with van der Waals surface area (Å²) in [4.78, 5) is 14.2. The van der Waals surface area contributed by atoms with Crippen LogP contribution in [0.2, 0.25) is 5.02 Å². The first-order chi connectivity index (χ1) is 12.5. The number of likely N-dealkylation sites (tertiary alicyclic amines) is 1. The molecule has 2 rings (SSSR count). The van der Waals surface area contributed by atoms with E-state index in [1.807, 2.05) is 0 Å². The molecule has 1 heterocycles. The van der Waals surface area contributed by atoms with E-state index in [0.29, 0.717) is 21.4 Å². The van der Waals surface area contributed by atoms with Gasteiger partial charge in [-0.25, -0.2) is 4.79 Å². The van der Waals surface area contributed by atoms with E-state index in [9.17, 15) is 4.79 Å². The maximum absolute atomic E-state index is 11.6. The van der Waals surface area contributed by atoms with E-state index < -0.39 is 5.97 Å². The predicted octanol–water partition coefficient (Wildman–Crippen LogP) is 4.07. The Morgan fingerprint density at radius 1 is 1.42 bits per heavy atom. The van der Waals surface area contributed by atoms with Crippen molar-refractivity contribution in [3.63, 3.8) is 0 Å². The van der Waals surface area contributed by atoms with Crippen molar-refractivity contribution in [1.82, 2.24) is 10.2 Å². The Labute approximate surface area is 166 Å². The van der Waals surface area contributed by atoms with Gasteiger partial charge in [-0.05, 0) is 62.6 Å². The number of benzene rings is 1. The Hall–Kier alpha value is -1.37. The fourth-order valence-electron chi connectivity index (χ4n) is 3.33. The zero-order valence-corrected chi connectivity index (χ0v) is 17.1. The monoisotopic (exact) mass is 397 g/mol. The molecule has 144 valence electrons. The third-order valence-corrected chi connectivity index (χ3v) is 5.34. The van der Waals surface area contributed by atoms with Crippen LogP contribution >= 0.6 is 23.8 Å². The smallest absolute Gasteiger partial charge is 0.337 e. The first kappa shape index (κ1) is 20.9. The predicted molar refractivity (Wildman–Crippen MR) is 111 cm³/mol. The van der Waals surface area contributed by atoms with Gasteiger partial charge < -0.3 is 20.3 Å². The van der Waals surface area contributed by atoms with Crippen molar-refractivity contribution in [2.75, 3.05) is 32.1 Å². The molecule has 1 aliphatic heterocycles. The highest BCUT2D eigenvalue weighted by atomic mass is 35.5. The highest BCUT2D eigenvalue weighted by molar-refractivity contribution is 7.80. The second kappa shape index (κ2) is 10.7. The summed E-state index contributed by atoms with van der Waals surface area (Å²) >= 11 is 11.5. The average Bonchev–Trinajstić information content (AvgIpc) is 2.66. The highest BCUT2D eigenvalue weighted by Gasteiger charge is 2.19. The molecule has 26 heavy (non-hydrogen) atoms. The second-order valence-corrected chi connectivity index (χ2v) is 7.33. The Balaban J connectivity index is 1.77. The fourth-order valence-corrected chi connectivity index (χ4v) is 3.71. The number of carbonyl (C=O) groups excluding carboxylic acids is 1. The van der Waals surface area contributed by atoms with E-state index in [-0.39, 0.29) is 0 Å². The summed E-state index contributed by atoms with van der Waals surface area (Å²) in [6.45, 7) is 5.36. The zero-order valence-electron chi connectivity index (χ0n) is 15.5. The lowest BCUT2D eigenvalue weighted by Crippen LogP contribution is -2.41. The lowest BCUT2D eigenvalue weighted by atomic mass is 10.00. The molecule has 0 aromatic heterocycles. The number of nitrogens with one attached hydrogen (secondary N) is 2. The lowest BCUT2D eigenvalue weighted by Gasteiger charge is -2.35. The van der Waals surface area contributed by atoms with Crippen molar-refractivity contribution in [1.29, 1.82) is 0 Å². The summed E-state index contributed by atoms with van der Waals surface area (Å²) in [5, 5.41) is 7.27. The number of methoxy groups -OCH3 is 1. The minimum absolute atomic E-state index is 0.407. The molecule has 1 atom stereocenters. The number of esters is 1. The maximum atomic E-state index is 11.6. The van der Waals surface area contributed by atoms with Gasteiger partial charge in [-0.15, -0.1) is 0 Å². The first-order valence-corrected chi connectivity index (χ1v) is 10.0. The number of anilines is 1. The van der Waals surface area contributed by atoms with Crippen LogP contribution in [0.3, 0.4) is 0 Å². The molecule has 5 nitrogen and oxygen atoms in total. The molecular formula is C19H28ClN3O2S. The molecule has 0 bridgehead atoms. The standard InChI is InChI=1S/C19H28ClN3O2S/c1-3-15-7-4-5-11-23(15)12-6-10-21-19(26)22-17-13-14(18(24)25-2)8-9-16(17)20/h8-9,13,15H,3-7,10-12H2,1-2H3,(H2,21,22,26)/t15-/m1/s1. The third-order valence-electron chi connectivity index (χ3n) is 4.76. The van der Waals surface area contributed by atoms with Crippen LogP contribution in [0.25, 0.3) is 0 Å². The molecule has 1 aromatic rings. The van der Waals surface area contributed by atoms with Gasteiger partial charge >= 0.3 is 5.97 Å². The molecule has 1 saturated heterocycles. The van der Waals surface area contributed by atoms with Crippen LogP contribution in [0.5, 0.6) is 0 Å². The van der Waals surface area contributed by atoms with E-state index in [1.54, 1.807) is 18.2 Å². The molecule has 0 spiro atoms. The van der Waals surface area contributed by atoms with Gasteiger partial charge in [0.2, 0.25) is 0 Å². The molecule has 0 radical (unpaired) electrons. The number of ether oxygens (including phenoxy) is 1. The Kier molecular flexibility index (Phi) is 8.62. The van der Waals surface area contributed by atoms with E-state index >= 15 is 0 Å². The number of nitrogens with zero attached hydrogens (tertiary/aromatic N) is 1.